The fourth-order valence-electron chi connectivity index (χ4n) is 4.64. The van der Waals surface area contributed by atoms with Crippen molar-refractivity contribution < 1.29 is 14.3 Å². The molecule has 6 nitrogen and oxygen atoms in total. The van der Waals surface area contributed by atoms with Crippen LogP contribution in [0.2, 0.25) is 0 Å². The van der Waals surface area contributed by atoms with Gasteiger partial charge in [0.25, 0.3) is 0 Å². The molecule has 7 heteroatoms. The molecule has 0 unspecified atom stereocenters. The number of carbonyl (C=O) groups excluding carboxylic acids is 1. The van der Waals surface area contributed by atoms with E-state index < -0.39 is 0 Å². The molecule has 1 aliphatic carbocycles. The summed E-state index contributed by atoms with van der Waals surface area (Å²) in [4.78, 5) is 12.0. The Hall–Kier alpha value is -2.80. The molecule has 2 aromatic carbocycles. The predicted octanol–water partition coefficient (Wildman–Crippen LogP) is 6.60. The Kier molecular flexibility index (Phi) is 7.93. The van der Waals surface area contributed by atoms with Gasteiger partial charge in [-0.25, -0.2) is 0 Å². The lowest BCUT2D eigenvalue weighted by Gasteiger charge is -2.31. The highest BCUT2D eigenvalue weighted by Gasteiger charge is 2.29. The van der Waals surface area contributed by atoms with E-state index in [1.807, 2.05) is 49.4 Å². The van der Waals surface area contributed by atoms with Crippen molar-refractivity contribution >= 4 is 17.5 Å². The zero-order valence-corrected chi connectivity index (χ0v) is 21.2. The maximum absolute atomic E-state index is 12.0. The highest BCUT2D eigenvalue weighted by molar-refractivity contribution is 7.98. The number of Topliss-reactive ketones (excluding diaryl/α,β-unsaturated/α-hetero) is 1. The Morgan fingerprint density at radius 1 is 1.12 bits per heavy atom. The summed E-state index contributed by atoms with van der Waals surface area (Å²) in [6.07, 6.45) is 4.83. The van der Waals surface area contributed by atoms with Crippen LogP contribution in [-0.2, 0) is 5.75 Å². The molecule has 0 bridgehead atoms. The van der Waals surface area contributed by atoms with Crippen LogP contribution < -0.4 is 9.47 Å². The molecule has 2 atom stereocenters. The van der Waals surface area contributed by atoms with E-state index in [0.717, 1.165) is 40.0 Å². The lowest BCUT2D eigenvalue weighted by molar-refractivity contribution is 0.101. The Balaban J connectivity index is 1.69. The van der Waals surface area contributed by atoms with Crippen LogP contribution in [0.3, 0.4) is 0 Å². The number of thioether (sulfide) groups is 1. The van der Waals surface area contributed by atoms with Gasteiger partial charge >= 0.3 is 0 Å². The van der Waals surface area contributed by atoms with E-state index in [0.29, 0.717) is 29.9 Å². The second-order valence-electron chi connectivity index (χ2n) is 8.83. The minimum absolute atomic E-state index is 0.0512. The van der Waals surface area contributed by atoms with E-state index in [2.05, 4.69) is 21.7 Å². The van der Waals surface area contributed by atoms with Gasteiger partial charge in [0.1, 0.15) is 11.5 Å². The molecule has 0 radical (unpaired) electrons. The lowest BCUT2D eigenvalue weighted by atomic mass is 9.85. The summed E-state index contributed by atoms with van der Waals surface area (Å²) in [7, 11) is 1.67. The lowest BCUT2D eigenvalue weighted by Crippen LogP contribution is -2.22. The topological polar surface area (TPSA) is 66.2 Å². The van der Waals surface area contributed by atoms with Gasteiger partial charge in [0.15, 0.2) is 16.8 Å². The Morgan fingerprint density at radius 2 is 1.88 bits per heavy atom. The number of carbonyl (C=O) groups is 1. The molecular formula is C27H33N3O3S. The summed E-state index contributed by atoms with van der Waals surface area (Å²) in [5, 5.41) is 10.2. The molecule has 1 aromatic heterocycles. The molecule has 0 saturated heterocycles. The SMILES string of the molecule is CCOc1ccc(C(C)=O)cc1CSc1nnc(-c2ccc(OC)cc2)n1[C@@H]1CCCC[C@H]1C. The number of hydrogen-bond donors (Lipinski definition) is 0. The second kappa shape index (κ2) is 11.1. The van der Waals surface area contributed by atoms with Crippen LogP contribution in [0.25, 0.3) is 11.4 Å². The van der Waals surface area contributed by atoms with Crippen LogP contribution in [0.15, 0.2) is 47.6 Å². The molecule has 180 valence electrons. The highest BCUT2D eigenvalue weighted by atomic mass is 32.2. The molecular weight excluding hydrogens is 446 g/mol. The average Bonchev–Trinajstić information content (AvgIpc) is 3.27. The third-order valence-corrected chi connectivity index (χ3v) is 7.53. The van der Waals surface area contributed by atoms with Gasteiger partial charge in [-0.05, 0) is 75.1 Å². The standard InChI is InChI=1S/C27H33N3O3S/c1-5-33-25-15-12-21(19(3)31)16-22(25)17-34-27-29-28-26(20-10-13-23(32-4)14-11-20)30(27)24-9-7-6-8-18(24)2/h10-16,18,24H,5-9,17H2,1-4H3/t18-,24-/m1/s1. The summed E-state index contributed by atoms with van der Waals surface area (Å²) in [6, 6.07) is 14.0. The normalized spacial score (nSPS) is 18.0. The van der Waals surface area contributed by atoms with Gasteiger partial charge in [-0.15, -0.1) is 10.2 Å². The van der Waals surface area contributed by atoms with Crippen molar-refractivity contribution in [3.05, 3.63) is 53.6 Å². The van der Waals surface area contributed by atoms with Crippen LogP contribution in [0.1, 0.15) is 68.4 Å². The number of ether oxygens (including phenoxy) is 2. The van der Waals surface area contributed by atoms with Gasteiger partial charge in [-0.1, -0.05) is 31.5 Å². The monoisotopic (exact) mass is 479 g/mol. The molecule has 0 amide bonds. The Bertz CT molecular complexity index is 1130. The average molecular weight is 480 g/mol. The molecule has 3 aromatic rings. The van der Waals surface area contributed by atoms with Gasteiger partial charge in [-0.2, -0.15) is 0 Å². The molecule has 1 fully saturated rings. The van der Waals surface area contributed by atoms with E-state index in [1.165, 1.54) is 19.3 Å². The van der Waals surface area contributed by atoms with Crippen molar-refractivity contribution in [2.24, 2.45) is 5.92 Å². The van der Waals surface area contributed by atoms with E-state index in [-0.39, 0.29) is 5.78 Å². The van der Waals surface area contributed by atoms with E-state index in [9.17, 15) is 4.79 Å². The predicted molar refractivity (Wildman–Crippen MR) is 136 cm³/mol. The smallest absolute Gasteiger partial charge is 0.192 e. The van der Waals surface area contributed by atoms with Crippen LogP contribution >= 0.6 is 11.8 Å². The molecule has 4 rings (SSSR count). The fourth-order valence-corrected chi connectivity index (χ4v) is 5.61. The van der Waals surface area contributed by atoms with Gasteiger partial charge in [0, 0.05) is 28.5 Å². The number of methoxy groups -OCH3 is 1. The zero-order valence-electron chi connectivity index (χ0n) is 20.4. The number of benzene rings is 2. The van der Waals surface area contributed by atoms with Crippen molar-refractivity contribution in [2.45, 2.75) is 63.4 Å². The van der Waals surface area contributed by atoms with Crippen molar-refractivity contribution in [3.63, 3.8) is 0 Å². The Labute approximate surface area is 206 Å². The quantitative estimate of drug-likeness (QED) is 0.254. The van der Waals surface area contributed by atoms with Crippen molar-refractivity contribution in [1.29, 1.82) is 0 Å². The van der Waals surface area contributed by atoms with Crippen LogP contribution in [0, 0.1) is 5.92 Å². The number of nitrogens with zero attached hydrogens (tertiary/aromatic N) is 3. The Morgan fingerprint density at radius 3 is 2.56 bits per heavy atom. The molecule has 34 heavy (non-hydrogen) atoms. The minimum Gasteiger partial charge on any atom is -0.497 e. The van der Waals surface area contributed by atoms with Crippen LogP contribution in [-0.4, -0.2) is 34.3 Å². The molecule has 0 N–H and O–H groups in total. The van der Waals surface area contributed by atoms with Crippen molar-refractivity contribution in [3.8, 4) is 22.9 Å². The van der Waals surface area contributed by atoms with Gasteiger partial charge < -0.3 is 9.47 Å². The molecule has 1 saturated carbocycles. The van der Waals surface area contributed by atoms with Crippen LogP contribution in [0.4, 0.5) is 0 Å². The highest BCUT2D eigenvalue weighted by Crippen LogP contribution is 2.40. The van der Waals surface area contributed by atoms with Crippen LogP contribution in [0.5, 0.6) is 11.5 Å². The fraction of sp³-hybridized carbons (Fsp3) is 0.444. The molecule has 0 spiro atoms. The maximum Gasteiger partial charge on any atom is 0.192 e. The molecule has 0 aliphatic heterocycles. The first kappa shape index (κ1) is 24.3. The summed E-state index contributed by atoms with van der Waals surface area (Å²) >= 11 is 1.65. The number of rotatable bonds is 9. The summed E-state index contributed by atoms with van der Waals surface area (Å²) < 4.78 is 13.5. The van der Waals surface area contributed by atoms with E-state index in [1.54, 1.807) is 25.8 Å². The van der Waals surface area contributed by atoms with Gasteiger partial charge in [0.2, 0.25) is 0 Å². The maximum atomic E-state index is 12.0. The number of ketones is 1. The third kappa shape index (κ3) is 5.30. The van der Waals surface area contributed by atoms with Crippen molar-refractivity contribution in [2.75, 3.05) is 13.7 Å². The third-order valence-electron chi connectivity index (χ3n) is 6.53. The first-order valence-corrected chi connectivity index (χ1v) is 13.0. The summed E-state index contributed by atoms with van der Waals surface area (Å²) in [6.45, 7) is 6.47. The minimum atomic E-state index is 0.0512. The molecule has 1 heterocycles. The number of aromatic nitrogens is 3. The van der Waals surface area contributed by atoms with Gasteiger partial charge in [0.05, 0.1) is 13.7 Å². The van der Waals surface area contributed by atoms with E-state index in [4.69, 9.17) is 9.47 Å². The first-order chi connectivity index (χ1) is 16.5. The van der Waals surface area contributed by atoms with E-state index >= 15 is 0 Å². The molecule has 1 aliphatic rings. The zero-order chi connectivity index (χ0) is 24.1. The first-order valence-electron chi connectivity index (χ1n) is 12.0. The number of hydrogen-bond acceptors (Lipinski definition) is 6. The van der Waals surface area contributed by atoms with Gasteiger partial charge in [-0.3, -0.25) is 9.36 Å². The summed E-state index contributed by atoms with van der Waals surface area (Å²) in [5.74, 6) is 3.79. The summed E-state index contributed by atoms with van der Waals surface area (Å²) in [5.41, 5.74) is 2.73. The second-order valence-corrected chi connectivity index (χ2v) is 9.78. The van der Waals surface area contributed by atoms with Crippen molar-refractivity contribution in [1.82, 2.24) is 14.8 Å². The largest absolute Gasteiger partial charge is 0.497 e.